The smallest absolute Gasteiger partial charge is 0.384 e. The van der Waals surface area contributed by atoms with Crippen molar-refractivity contribution >= 4 is 11.6 Å². The summed E-state index contributed by atoms with van der Waals surface area (Å²) in [6.07, 6.45) is -4.44. The molecular weight excluding hydrogens is 243 g/mol. The lowest BCUT2D eigenvalue weighted by molar-refractivity contribution is -0.137. The minimum atomic E-state index is -4.44. The summed E-state index contributed by atoms with van der Waals surface area (Å²) in [4.78, 5) is 3.76. The number of halogens is 3. The maximum Gasteiger partial charge on any atom is 0.417 e. The predicted molar refractivity (Wildman–Crippen MR) is 63.5 cm³/mol. The van der Waals surface area contributed by atoms with E-state index in [4.69, 9.17) is 11.5 Å². The second-order valence-corrected chi connectivity index (χ2v) is 3.71. The molecule has 0 aliphatic carbocycles. The Hall–Kier alpha value is -2.24. The van der Waals surface area contributed by atoms with Crippen molar-refractivity contribution < 1.29 is 13.2 Å². The molecule has 1 aromatic heterocycles. The number of nitrogens with two attached hydrogens (primary N) is 2. The molecule has 0 atom stereocenters. The lowest BCUT2D eigenvalue weighted by Gasteiger charge is -2.13. The third-order valence-electron chi connectivity index (χ3n) is 2.47. The number of nitrogen functional groups attached to an aromatic ring is 2. The van der Waals surface area contributed by atoms with E-state index in [9.17, 15) is 13.2 Å². The van der Waals surface area contributed by atoms with Crippen LogP contribution in [0, 0.1) is 0 Å². The zero-order valence-corrected chi connectivity index (χ0v) is 9.20. The Morgan fingerprint density at radius 3 is 2.17 bits per heavy atom. The third kappa shape index (κ3) is 2.22. The quantitative estimate of drug-likeness (QED) is 0.821. The van der Waals surface area contributed by atoms with Gasteiger partial charge in [0.25, 0.3) is 0 Å². The van der Waals surface area contributed by atoms with Crippen LogP contribution in [0.1, 0.15) is 5.56 Å². The van der Waals surface area contributed by atoms with Crippen LogP contribution in [0.4, 0.5) is 24.8 Å². The number of alkyl halides is 3. The fourth-order valence-electron chi connectivity index (χ4n) is 1.68. The second kappa shape index (κ2) is 4.21. The maximum absolute atomic E-state index is 12.9. The molecule has 0 aliphatic rings. The number of benzene rings is 1. The monoisotopic (exact) mass is 253 g/mol. The molecule has 0 aliphatic heterocycles. The van der Waals surface area contributed by atoms with E-state index in [-0.39, 0.29) is 22.8 Å². The van der Waals surface area contributed by atoms with Gasteiger partial charge in [-0.15, -0.1) is 0 Å². The highest BCUT2D eigenvalue weighted by molar-refractivity contribution is 5.77. The zero-order chi connectivity index (χ0) is 13.3. The molecule has 94 valence electrons. The Kier molecular flexibility index (Phi) is 2.86. The van der Waals surface area contributed by atoms with Gasteiger partial charge in [-0.05, 0) is 23.8 Å². The Morgan fingerprint density at radius 2 is 1.56 bits per heavy atom. The standard InChI is InChI=1S/C12H10F3N3/c13-12(14,15)9-4-2-1-3-7(9)8-5-6-10(16)18-11(8)17/h1-6H,(H4,16,17,18). The molecule has 0 saturated carbocycles. The average molecular weight is 253 g/mol. The van der Waals surface area contributed by atoms with Gasteiger partial charge >= 0.3 is 6.18 Å². The molecule has 18 heavy (non-hydrogen) atoms. The molecule has 0 unspecified atom stereocenters. The summed E-state index contributed by atoms with van der Waals surface area (Å²) in [7, 11) is 0. The van der Waals surface area contributed by atoms with E-state index in [0.29, 0.717) is 0 Å². The highest BCUT2D eigenvalue weighted by Gasteiger charge is 2.33. The van der Waals surface area contributed by atoms with E-state index >= 15 is 0 Å². The number of hydrogen-bond donors (Lipinski definition) is 2. The van der Waals surface area contributed by atoms with E-state index in [0.717, 1.165) is 6.07 Å². The van der Waals surface area contributed by atoms with Crippen LogP contribution in [0.3, 0.4) is 0 Å². The van der Waals surface area contributed by atoms with Crippen LogP contribution in [0.25, 0.3) is 11.1 Å². The van der Waals surface area contributed by atoms with Gasteiger partial charge in [-0.25, -0.2) is 4.98 Å². The number of hydrogen-bond acceptors (Lipinski definition) is 3. The highest BCUT2D eigenvalue weighted by Crippen LogP contribution is 2.38. The van der Waals surface area contributed by atoms with Gasteiger partial charge in [0.05, 0.1) is 5.56 Å². The average Bonchev–Trinajstić information content (AvgIpc) is 2.28. The predicted octanol–water partition coefficient (Wildman–Crippen LogP) is 2.93. The van der Waals surface area contributed by atoms with Crippen molar-refractivity contribution in [1.82, 2.24) is 4.98 Å². The minimum Gasteiger partial charge on any atom is -0.384 e. The third-order valence-corrected chi connectivity index (χ3v) is 2.47. The summed E-state index contributed by atoms with van der Waals surface area (Å²) in [5, 5.41) is 0. The number of rotatable bonds is 1. The number of aromatic nitrogens is 1. The van der Waals surface area contributed by atoms with Crippen molar-refractivity contribution in [3.05, 3.63) is 42.0 Å². The van der Waals surface area contributed by atoms with Gasteiger partial charge in [0.1, 0.15) is 11.6 Å². The molecule has 0 bridgehead atoms. The minimum absolute atomic E-state index is 0.00463. The number of anilines is 2. The molecule has 2 aromatic rings. The van der Waals surface area contributed by atoms with Gasteiger partial charge < -0.3 is 11.5 Å². The van der Waals surface area contributed by atoms with E-state index in [1.165, 1.54) is 30.3 Å². The van der Waals surface area contributed by atoms with Crippen LogP contribution in [0.15, 0.2) is 36.4 Å². The molecule has 2 rings (SSSR count). The number of pyridine rings is 1. The van der Waals surface area contributed by atoms with Gasteiger partial charge in [-0.1, -0.05) is 18.2 Å². The van der Waals surface area contributed by atoms with Crippen LogP contribution in [0.2, 0.25) is 0 Å². The first-order chi connectivity index (χ1) is 8.39. The fourth-order valence-corrected chi connectivity index (χ4v) is 1.68. The van der Waals surface area contributed by atoms with Gasteiger partial charge in [0, 0.05) is 5.56 Å². The van der Waals surface area contributed by atoms with Crippen molar-refractivity contribution in [3.8, 4) is 11.1 Å². The second-order valence-electron chi connectivity index (χ2n) is 3.71. The maximum atomic E-state index is 12.9. The van der Waals surface area contributed by atoms with Crippen LogP contribution >= 0.6 is 0 Å². The van der Waals surface area contributed by atoms with E-state index in [2.05, 4.69) is 4.98 Å². The topological polar surface area (TPSA) is 64.9 Å². The lowest BCUT2D eigenvalue weighted by atomic mass is 10.00. The molecule has 3 nitrogen and oxygen atoms in total. The molecule has 0 radical (unpaired) electrons. The SMILES string of the molecule is Nc1ccc(-c2ccccc2C(F)(F)F)c(N)n1. The summed E-state index contributed by atoms with van der Waals surface area (Å²) in [6, 6.07) is 8.05. The van der Waals surface area contributed by atoms with Gasteiger partial charge in [0.15, 0.2) is 0 Å². The highest BCUT2D eigenvalue weighted by atomic mass is 19.4. The van der Waals surface area contributed by atoms with Crippen molar-refractivity contribution in [2.45, 2.75) is 6.18 Å². The Bertz CT molecular complexity index is 579. The summed E-state index contributed by atoms with van der Waals surface area (Å²) in [5.41, 5.74) is 10.5. The first kappa shape index (κ1) is 12.2. The molecule has 0 spiro atoms. The van der Waals surface area contributed by atoms with Crippen LogP contribution < -0.4 is 11.5 Å². The Balaban J connectivity index is 2.64. The van der Waals surface area contributed by atoms with Crippen LogP contribution in [-0.4, -0.2) is 4.98 Å². The summed E-state index contributed by atoms with van der Waals surface area (Å²) >= 11 is 0. The van der Waals surface area contributed by atoms with Gasteiger partial charge in [0.2, 0.25) is 0 Å². The van der Waals surface area contributed by atoms with Crippen molar-refractivity contribution in [1.29, 1.82) is 0 Å². The van der Waals surface area contributed by atoms with Crippen molar-refractivity contribution in [2.24, 2.45) is 0 Å². The van der Waals surface area contributed by atoms with Crippen molar-refractivity contribution in [2.75, 3.05) is 11.5 Å². The molecule has 0 amide bonds. The van der Waals surface area contributed by atoms with Crippen molar-refractivity contribution in [3.63, 3.8) is 0 Å². The fraction of sp³-hybridized carbons (Fsp3) is 0.0833. The summed E-state index contributed by atoms with van der Waals surface area (Å²) < 4.78 is 38.6. The summed E-state index contributed by atoms with van der Waals surface area (Å²) in [6.45, 7) is 0. The van der Waals surface area contributed by atoms with E-state index < -0.39 is 11.7 Å². The normalized spacial score (nSPS) is 11.5. The molecule has 4 N–H and O–H groups in total. The van der Waals surface area contributed by atoms with Crippen LogP contribution in [-0.2, 0) is 6.18 Å². The number of nitrogens with zero attached hydrogens (tertiary/aromatic N) is 1. The molecule has 6 heteroatoms. The lowest BCUT2D eigenvalue weighted by Crippen LogP contribution is -2.08. The molecule has 0 fully saturated rings. The first-order valence-electron chi connectivity index (χ1n) is 5.08. The largest absolute Gasteiger partial charge is 0.417 e. The Labute approximate surface area is 101 Å². The van der Waals surface area contributed by atoms with E-state index in [1.807, 2.05) is 0 Å². The molecular formula is C12H10F3N3. The molecule has 1 aromatic carbocycles. The zero-order valence-electron chi connectivity index (χ0n) is 9.20. The Morgan fingerprint density at radius 1 is 0.889 bits per heavy atom. The van der Waals surface area contributed by atoms with Gasteiger partial charge in [-0.3, -0.25) is 0 Å². The summed E-state index contributed by atoms with van der Waals surface area (Å²) in [5.74, 6) is 0.146. The molecule has 1 heterocycles. The first-order valence-corrected chi connectivity index (χ1v) is 5.08. The molecule has 0 saturated heterocycles. The van der Waals surface area contributed by atoms with Gasteiger partial charge in [-0.2, -0.15) is 13.2 Å². The van der Waals surface area contributed by atoms with Crippen LogP contribution in [0.5, 0.6) is 0 Å². The van der Waals surface area contributed by atoms with E-state index in [1.54, 1.807) is 0 Å².